The van der Waals surface area contributed by atoms with Gasteiger partial charge in [-0.2, -0.15) is 0 Å². The molecule has 2 rings (SSSR count). The fourth-order valence-electron chi connectivity index (χ4n) is 2.31. The number of benzene rings is 2. The van der Waals surface area contributed by atoms with E-state index in [0.717, 1.165) is 5.56 Å². The first-order valence-electron chi connectivity index (χ1n) is 7.29. The molecule has 5 heteroatoms. The summed E-state index contributed by atoms with van der Waals surface area (Å²) in [4.78, 5) is 23.5. The van der Waals surface area contributed by atoms with Crippen LogP contribution in [-0.2, 0) is 16.0 Å². The van der Waals surface area contributed by atoms with Crippen molar-refractivity contribution in [3.63, 3.8) is 0 Å². The van der Waals surface area contributed by atoms with Crippen LogP contribution in [0.2, 0.25) is 0 Å². The Hall–Kier alpha value is -2.69. The van der Waals surface area contributed by atoms with Gasteiger partial charge in [-0.1, -0.05) is 42.5 Å². The number of nitrogens with one attached hydrogen (secondary N) is 1. The molecule has 0 aliphatic carbocycles. The molecule has 0 bridgehead atoms. The summed E-state index contributed by atoms with van der Waals surface area (Å²) in [5.74, 6) is -2.43. The maximum absolute atomic E-state index is 12.9. The standard InChI is InChI=1S/C18H18FNO3/c1-12(18(22)23)17(14-5-3-2-4-6-14)20-16(21)11-13-7-9-15(19)10-8-13/h2-10,12,17H,11H2,1H3,(H,20,21)(H,22,23)/t12-,17+/m0/s1. The van der Waals surface area contributed by atoms with Crippen molar-refractivity contribution in [1.82, 2.24) is 5.32 Å². The summed E-state index contributed by atoms with van der Waals surface area (Å²) < 4.78 is 12.9. The Labute approximate surface area is 134 Å². The number of hydrogen-bond donors (Lipinski definition) is 2. The first-order chi connectivity index (χ1) is 11.0. The zero-order chi connectivity index (χ0) is 16.8. The minimum atomic E-state index is -0.985. The average Bonchev–Trinajstić information content (AvgIpc) is 2.55. The van der Waals surface area contributed by atoms with Crippen LogP contribution in [0.15, 0.2) is 54.6 Å². The van der Waals surface area contributed by atoms with Gasteiger partial charge in [0.15, 0.2) is 0 Å². The Morgan fingerprint density at radius 2 is 1.70 bits per heavy atom. The van der Waals surface area contributed by atoms with Gasteiger partial charge in [0.25, 0.3) is 0 Å². The molecule has 2 N–H and O–H groups in total. The molecule has 0 aromatic heterocycles. The molecule has 0 saturated carbocycles. The fraction of sp³-hybridized carbons (Fsp3) is 0.222. The van der Waals surface area contributed by atoms with Gasteiger partial charge in [0.1, 0.15) is 5.82 Å². The number of carboxylic acid groups (broad SMARTS) is 1. The number of carboxylic acids is 1. The molecule has 0 aliphatic heterocycles. The molecule has 120 valence electrons. The van der Waals surface area contributed by atoms with Crippen molar-refractivity contribution < 1.29 is 19.1 Å². The van der Waals surface area contributed by atoms with Gasteiger partial charge in [0.2, 0.25) is 5.91 Å². The van der Waals surface area contributed by atoms with Crippen LogP contribution >= 0.6 is 0 Å². The lowest BCUT2D eigenvalue weighted by atomic mass is 9.94. The smallest absolute Gasteiger partial charge is 0.308 e. The van der Waals surface area contributed by atoms with Gasteiger partial charge in [-0.3, -0.25) is 9.59 Å². The SMILES string of the molecule is C[C@H](C(=O)O)[C@@H](NC(=O)Cc1ccc(F)cc1)c1ccccc1. The minimum Gasteiger partial charge on any atom is -0.481 e. The third kappa shape index (κ3) is 4.64. The molecule has 0 aliphatic rings. The van der Waals surface area contributed by atoms with Gasteiger partial charge < -0.3 is 10.4 Å². The van der Waals surface area contributed by atoms with E-state index < -0.39 is 17.9 Å². The van der Waals surface area contributed by atoms with E-state index in [9.17, 15) is 19.1 Å². The first-order valence-corrected chi connectivity index (χ1v) is 7.29. The molecule has 0 spiro atoms. The molecule has 0 radical (unpaired) electrons. The molecule has 1 amide bonds. The van der Waals surface area contributed by atoms with Crippen LogP contribution in [0.4, 0.5) is 4.39 Å². The molecule has 2 aromatic carbocycles. The average molecular weight is 315 g/mol. The summed E-state index contributed by atoms with van der Waals surface area (Å²) in [6, 6.07) is 14.0. The summed E-state index contributed by atoms with van der Waals surface area (Å²) in [5, 5.41) is 12.0. The van der Waals surface area contributed by atoms with E-state index in [1.54, 1.807) is 31.2 Å². The Balaban J connectivity index is 2.12. The van der Waals surface area contributed by atoms with Crippen molar-refractivity contribution in [2.45, 2.75) is 19.4 Å². The molecule has 2 atom stereocenters. The number of halogens is 1. The largest absolute Gasteiger partial charge is 0.481 e. The van der Waals surface area contributed by atoms with Crippen molar-refractivity contribution in [3.8, 4) is 0 Å². The van der Waals surface area contributed by atoms with Gasteiger partial charge in [-0.05, 0) is 30.2 Å². The molecular weight excluding hydrogens is 297 g/mol. The lowest BCUT2D eigenvalue weighted by Crippen LogP contribution is -2.36. The van der Waals surface area contributed by atoms with E-state index >= 15 is 0 Å². The molecular formula is C18H18FNO3. The van der Waals surface area contributed by atoms with E-state index in [2.05, 4.69) is 5.32 Å². The van der Waals surface area contributed by atoms with Crippen molar-refractivity contribution in [3.05, 3.63) is 71.5 Å². The van der Waals surface area contributed by atoms with Crippen LogP contribution in [0.5, 0.6) is 0 Å². The Bertz CT molecular complexity index is 670. The van der Waals surface area contributed by atoms with Crippen LogP contribution in [0, 0.1) is 11.7 Å². The predicted octanol–water partition coefficient (Wildman–Crippen LogP) is 2.95. The highest BCUT2D eigenvalue weighted by atomic mass is 19.1. The van der Waals surface area contributed by atoms with Gasteiger partial charge in [0.05, 0.1) is 18.4 Å². The van der Waals surface area contributed by atoms with Crippen LogP contribution < -0.4 is 5.32 Å². The first kappa shape index (κ1) is 16.7. The zero-order valence-electron chi connectivity index (χ0n) is 12.7. The normalized spacial score (nSPS) is 13.1. The Kier molecular flexibility index (Phi) is 5.46. The van der Waals surface area contributed by atoms with Gasteiger partial charge >= 0.3 is 5.97 Å². The summed E-state index contributed by atoms with van der Waals surface area (Å²) in [5.41, 5.74) is 1.40. The maximum atomic E-state index is 12.9. The number of rotatable bonds is 6. The van der Waals surface area contributed by atoms with E-state index in [1.807, 2.05) is 6.07 Å². The van der Waals surface area contributed by atoms with Crippen molar-refractivity contribution in [2.75, 3.05) is 0 Å². The fourth-order valence-corrected chi connectivity index (χ4v) is 2.31. The number of hydrogen-bond acceptors (Lipinski definition) is 2. The molecule has 0 fully saturated rings. The maximum Gasteiger partial charge on any atom is 0.308 e. The van der Waals surface area contributed by atoms with Gasteiger partial charge in [-0.15, -0.1) is 0 Å². The third-order valence-electron chi connectivity index (χ3n) is 3.64. The second kappa shape index (κ2) is 7.54. The van der Waals surface area contributed by atoms with Crippen molar-refractivity contribution in [1.29, 1.82) is 0 Å². The summed E-state index contributed by atoms with van der Waals surface area (Å²) in [6.07, 6.45) is 0.0654. The Morgan fingerprint density at radius 1 is 1.09 bits per heavy atom. The summed E-state index contributed by atoms with van der Waals surface area (Å²) in [7, 11) is 0. The van der Waals surface area contributed by atoms with Gasteiger partial charge in [-0.25, -0.2) is 4.39 Å². The predicted molar refractivity (Wildman–Crippen MR) is 84.2 cm³/mol. The number of amides is 1. The number of carbonyl (C=O) groups excluding carboxylic acids is 1. The Morgan fingerprint density at radius 3 is 2.26 bits per heavy atom. The van der Waals surface area contributed by atoms with E-state index in [0.29, 0.717) is 5.56 Å². The van der Waals surface area contributed by atoms with Crippen molar-refractivity contribution in [2.24, 2.45) is 5.92 Å². The highest BCUT2D eigenvalue weighted by Crippen LogP contribution is 2.22. The van der Waals surface area contributed by atoms with E-state index in [-0.39, 0.29) is 18.1 Å². The topological polar surface area (TPSA) is 66.4 Å². The van der Waals surface area contributed by atoms with Crippen LogP contribution in [0.3, 0.4) is 0 Å². The second-order valence-corrected chi connectivity index (χ2v) is 5.39. The quantitative estimate of drug-likeness (QED) is 0.861. The van der Waals surface area contributed by atoms with E-state index in [1.165, 1.54) is 24.3 Å². The van der Waals surface area contributed by atoms with Crippen LogP contribution in [0.1, 0.15) is 24.1 Å². The molecule has 2 aromatic rings. The summed E-state index contributed by atoms with van der Waals surface area (Å²) in [6.45, 7) is 1.55. The van der Waals surface area contributed by atoms with E-state index in [4.69, 9.17) is 0 Å². The third-order valence-corrected chi connectivity index (χ3v) is 3.64. The highest BCUT2D eigenvalue weighted by Gasteiger charge is 2.26. The van der Waals surface area contributed by atoms with Gasteiger partial charge in [0, 0.05) is 0 Å². The number of aliphatic carboxylic acids is 1. The minimum absolute atomic E-state index is 0.0654. The lowest BCUT2D eigenvalue weighted by molar-refractivity contribution is -0.142. The van der Waals surface area contributed by atoms with Crippen LogP contribution in [0.25, 0.3) is 0 Å². The lowest BCUT2D eigenvalue weighted by Gasteiger charge is -2.23. The molecule has 0 saturated heterocycles. The zero-order valence-corrected chi connectivity index (χ0v) is 12.7. The van der Waals surface area contributed by atoms with Crippen LogP contribution in [-0.4, -0.2) is 17.0 Å². The summed E-state index contributed by atoms with van der Waals surface area (Å²) >= 11 is 0. The monoisotopic (exact) mass is 315 g/mol. The highest BCUT2D eigenvalue weighted by molar-refractivity contribution is 5.80. The molecule has 0 unspecified atom stereocenters. The molecule has 4 nitrogen and oxygen atoms in total. The molecule has 0 heterocycles. The van der Waals surface area contributed by atoms with Crippen molar-refractivity contribution >= 4 is 11.9 Å². The number of carbonyl (C=O) groups is 2. The second-order valence-electron chi connectivity index (χ2n) is 5.39. The molecule has 23 heavy (non-hydrogen) atoms.